The summed E-state index contributed by atoms with van der Waals surface area (Å²) in [6, 6.07) is 8.70. The van der Waals surface area contributed by atoms with E-state index in [2.05, 4.69) is 5.32 Å². The number of aryl methyl sites for hydroxylation is 1. The zero-order chi connectivity index (χ0) is 14.9. The van der Waals surface area contributed by atoms with Crippen molar-refractivity contribution in [2.75, 3.05) is 11.1 Å². The minimum atomic E-state index is -3.87. The van der Waals surface area contributed by atoms with Gasteiger partial charge in [-0.15, -0.1) is 0 Å². The molecule has 2 aromatic carbocycles. The fourth-order valence-corrected chi connectivity index (χ4v) is 2.33. The second-order valence-electron chi connectivity index (χ2n) is 4.44. The summed E-state index contributed by atoms with van der Waals surface area (Å²) in [5, 5.41) is 7.83. The van der Waals surface area contributed by atoms with E-state index in [-0.39, 0.29) is 16.3 Å². The van der Waals surface area contributed by atoms with Crippen molar-refractivity contribution in [3.8, 4) is 0 Å². The molecule has 0 unspecified atom stereocenters. The number of hydrogen-bond acceptors (Lipinski definition) is 4. The number of primary sulfonamides is 1. The maximum atomic E-state index is 13.7. The number of hydrogen-bond donors (Lipinski definition) is 3. The monoisotopic (exact) mass is 295 g/mol. The first kappa shape index (κ1) is 14.3. The first-order valence-electron chi connectivity index (χ1n) is 5.72. The van der Waals surface area contributed by atoms with Crippen molar-refractivity contribution in [1.29, 1.82) is 0 Å². The third-order valence-electron chi connectivity index (χ3n) is 2.66. The van der Waals surface area contributed by atoms with Gasteiger partial charge in [-0.1, -0.05) is 6.07 Å². The molecule has 0 spiro atoms. The molecule has 106 valence electrons. The number of anilines is 3. The molecule has 7 heteroatoms. The summed E-state index contributed by atoms with van der Waals surface area (Å²) in [6.45, 7) is 1.77. The predicted molar refractivity (Wildman–Crippen MR) is 76.6 cm³/mol. The van der Waals surface area contributed by atoms with Gasteiger partial charge in [-0.25, -0.2) is 17.9 Å². The number of nitrogens with one attached hydrogen (secondary N) is 1. The second kappa shape index (κ2) is 5.10. The summed E-state index contributed by atoms with van der Waals surface area (Å²) in [5.41, 5.74) is 7.18. The summed E-state index contributed by atoms with van der Waals surface area (Å²) in [4.78, 5) is -0.132. The minimum absolute atomic E-state index is 0.132. The van der Waals surface area contributed by atoms with Gasteiger partial charge in [0.05, 0.1) is 10.6 Å². The van der Waals surface area contributed by atoms with E-state index in [1.54, 1.807) is 19.1 Å². The molecular weight excluding hydrogens is 281 g/mol. The molecule has 0 saturated carbocycles. The Morgan fingerprint density at radius 2 is 1.85 bits per heavy atom. The highest BCUT2D eigenvalue weighted by Gasteiger charge is 2.11. The first-order chi connectivity index (χ1) is 9.25. The van der Waals surface area contributed by atoms with Crippen LogP contribution in [0, 0.1) is 12.7 Å². The summed E-state index contributed by atoms with van der Waals surface area (Å²) in [5.74, 6) is -0.440. The number of sulfonamides is 1. The van der Waals surface area contributed by atoms with Crippen molar-refractivity contribution in [3.05, 3.63) is 47.8 Å². The van der Waals surface area contributed by atoms with Gasteiger partial charge in [-0.2, -0.15) is 0 Å². The van der Waals surface area contributed by atoms with Gasteiger partial charge in [0.25, 0.3) is 0 Å². The van der Waals surface area contributed by atoms with Crippen molar-refractivity contribution in [1.82, 2.24) is 0 Å². The topological polar surface area (TPSA) is 98.2 Å². The summed E-state index contributed by atoms with van der Waals surface area (Å²) >= 11 is 0. The Hall–Kier alpha value is -2.12. The van der Waals surface area contributed by atoms with Crippen molar-refractivity contribution < 1.29 is 12.8 Å². The Labute approximate surface area is 116 Å². The molecule has 0 aliphatic carbocycles. The Balaban J connectivity index is 2.41. The van der Waals surface area contributed by atoms with Gasteiger partial charge in [-0.3, -0.25) is 0 Å². The van der Waals surface area contributed by atoms with E-state index < -0.39 is 15.8 Å². The number of nitrogens with two attached hydrogens (primary N) is 2. The van der Waals surface area contributed by atoms with Crippen LogP contribution in [0.2, 0.25) is 0 Å². The lowest BCUT2D eigenvalue weighted by Gasteiger charge is -2.10. The van der Waals surface area contributed by atoms with Gasteiger partial charge >= 0.3 is 0 Å². The van der Waals surface area contributed by atoms with Gasteiger partial charge in [0.1, 0.15) is 5.82 Å². The smallest absolute Gasteiger partial charge is 0.238 e. The zero-order valence-corrected chi connectivity index (χ0v) is 11.5. The van der Waals surface area contributed by atoms with Crippen molar-refractivity contribution >= 4 is 27.1 Å². The van der Waals surface area contributed by atoms with Gasteiger partial charge in [0, 0.05) is 11.4 Å². The van der Waals surface area contributed by atoms with Crippen LogP contribution in [-0.2, 0) is 10.0 Å². The molecule has 5 nitrogen and oxygen atoms in total. The minimum Gasteiger partial charge on any atom is -0.399 e. The zero-order valence-electron chi connectivity index (χ0n) is 10.7. The quantitative estimate of drug-likeness (QED) is 0.755. The molecule has 0 radical (unpaired) electrons. The molecule has 0 atom stereocenters. The van der Waals surface area contributed by atoms with E-state index in [4.69, 9.17) is 10.9 Å². The van der Waals surface area contributed by atoms with Crippen LogP contribution in [-0.4, -0.2) is 8.42 Å². The van der Waals surface area contributed by atoms with E-state index >= 15 is 0 Å². The lowest BCUT2D eigenvalue weighted by Crippen LogP contribution is -2.12. The van der Waals surface area contributed by atoms with E-state index in [1.165, 1.54) is 24.3 Å². The van der Waals surface area contributed by atoms with E-state index in [1.807, 2.05) is 0 Å². The van der Waals surface area contributed by atoms with Crippen molar-refractivity contribution in [3.63, 3.8) is 0 Å². The Morgan fingerprint density at radius 1 is 1.15 bits per heavy atom. The summed E-state index contributed by atoms with van der Waals surface area (Å²) < 4.78 is 36.4. The number of halogens is 1. The largest absolute Gasteiger partial charge is 0.399 e. The maximum Gasteiger partial charge on any atom is 0.238 e. The molecule has 2 rings (SSSR count). The van der Waals surface area contributed by atoms with E-state index in [0.717, 1.165) is 5.56 Å². The summed E-state index contributed by atoms with van der Waals surface area (Å²) in [7, 11) is -3.87. The first-order valence-corrected chi connectivity index (χ1v) is 7.27. The van der Waals surface area contributed by atoms with E-state index in [0.29, 0.717) is 5.69 Å². The lowest BCUT2D eigenvalue weighted by molar-refractivity contribution is 0.598. The lowest BCUT2D eigenvalue weighted by atomic mass is 10.2. The molecule has 5 N–H and O–H groups in total. The number of benzene rings is 2. The van der Waals surface area contributed by atoms with Crippen LogP contribution in [0.25, 0.3) is 0 Å². The predicted octanol–water partition coefficient (Wildman–Crippen LogP) is 2.11. The maximum absolute atomic E-state index is 13.7. The van der Waals surface area contributed by atoms with Crippen LogP contribution < -0.4 is 16.2 Å². The second-order valence-corrected chi connectivity index (χ2v) is 6.01. The molecule has 0 aliphatic heterocycles. The summed E-state index contributed by atoms with van der Waals surface area (Å²) in [6.07, 6.45) is 0. The van der Waals surface area contributed by atoms with Crippen LogP contribution in [0.4, 0.5) is 21.5 Å². The van der Waals surface area contributed by atoms with Gasteiger partial charge in [0.2, 0.25) is 10.0 Å². The molecule has 0 amide bonds. The Morgan fingerprint density at radius 3 is 2.45 bits per heavy atom. The van der Waals surface area contributed by atoms with Crippen molar-refractivity contribution in [2.45, 2.75) is 11.8 Å². The van der Waals surface area contributed by atoms with E-state index in [9.17, 15) is 12.8 Å². The Bertz CT molecular complexity index is 760. The SMILES string of the molecule is Cc1ccc(Nc2cc(N)cc(S(N)(=O)=O)c2)c(F)c1. The molecular formula is C13H14FN3O2S. The third kappa shape index (κ3) is 3.25. The molecule has 20 heavy (non-hydrogen) atoms. The fraction of sp³-hybridized carbons (Fsp3) is 0.0769. The van der Waals surface area contributed by atoms with Gasteiger partial charge in [0.15, 0.2) is 0 Å². The van der Waals surface area contributed by atoms with Crippen LogP contribution in [0.3, 0.4) is 0 Å². The highest BCUT2D eigenvalue weighted by Crippen LogP contribution is 2.25. The van der Waals surface area contributed by atoms with Gasteiger partial charge in [-0.05, 0) is 42.8 Å². The molecule has 0 aliphatic rings. The Kier molecular flexibility index (Phi) is 3.65. The average Bonchev–Trinajstić information content (AvgIpc) is 2.31. The highest BCUT2D eigenvalue weighted by molar-refractivity contribution is 7.89. The molecule has 0 aromatic heterocycles. The van der Waals surface area contributed by atoms with Gasteiger partial charge < -0.3 is 11.1 Å². The van der Waals surface area contributed by atoms with Crippen LogP contribution in [0.5, 0.6) is 0 Å². The molecule has 2 aromatic rings. The van der Waals surface area contributed by atoms with Crippen LogP contribution in [0.1, 0.15) is 5.56 Å². The molecule has 0 saturated heterocycles. The fourth-order valence-electron chi connectivity index (χ4n) is 1.74. The highest BCUT2D eigenvalue weighted by atomic mass is 32.2. The third-order valence-corrected chi connectivity index (χ3v) is 3.55. The molecule has 0 fully saturated rings. The standard InChI is InChI=1S/C13H14FN3O2S/c1-8-2-3-13(12(14)4-8)17-10-5-9(15)6-11(7-10)20(16,18)19/h2-7,17H,15H2,1H3,(H2,16,18,19). The van der Waals surface area contributed by atoms with Crippen molar-refractivity contribution in [2.24, 2.45) is 5.14 Å². The number of nitrogen functional groups attached to an aromatic ring is 1. The molecule has 0 bridgehead atoms. The van der Waals surface area contributed by atoms with Crippen LogP contribution >= 0.6 is 0 Å². The molecule has 0 heterocycles. The number of rotatable bonds is 3. The average molecular weight is 295 g/mol. The normalized spacial score (nSPS) is 11.3. The van der Waals surface area contributed by atoms with Crippen LogP contribution in [0.15, 0.2) is 41.3 Å².